The van der Waals surface area contributed by atoms with Crippen molar-refractivity contribution in [2.75, 3.05) is 0 Å². The molecular weight excluding hydrogens is 296 g/mol. The normalized spacial score (nSPS) is 12.2. The van der Waals surface area contributed by atoms with E-state index in [2.05, 4.69) is 57.8 Å². The van der Waals surface area contributed by atoms with Crippen LogP contribution >= 0.6 is 0 Å². The van der Waals surface area contributed by atoms with Crippen LogP contribution in [0.3, 0.4) is 0 Å². The molecule has 1 aromatic heterocycles. The number of Topliss-reactive ketones (excluding diaryl/α,β-unsaturated/α-hetero) is 1. The summed E-state index contributed by atoms with van der Waals surface area (Å²) in [5, 5.41) is 0. The van der Waals surface area contributed by atoms with Crippen molar-refractivity contribution >= 4 is 11.5 Å². The summed E-state index contributed by atoms with van der Waals surface area (Å²) >= 11 is 0. The first-order valence-corrected chi connectivity index (χ1v) is 8.75. The van der Waals surface area contributed by atoms with E-state index in [0.717, 1.165) is 23.2 Å². The molecule has 0 aliphatic rings. The van der Waals surface area contributed by atoms with Gasteiger partial charge in [0.15, 0.2) is 5.78 Å². The molecule has 2 rings (SSSR count). The predicted octanol–water partition coefficient (Wildman–Crippen LogP) is 5.26. The number of nitrogens with one attached hydrogen (secondary N) is 1. The molecule has 0 aliphatic heterocycles. The van der Waals surface area contributed by atoms with E-state index in [9.17, 15) is 4.79 Å². The van der Waals surface area contributed by atoms with Crippen LogP contribution in [0.1, 0.15) is 80.6 Å². The predicted molar refractivity (Wildman–Crippen MR) is 100 cm³/mol. The Balaban J connectivity index is 2.71. The average molecular weight is 324 g/mol. The first-order valence-electron chi connectivity index (χ1n) is 8.75. The van der Waals surface area contributed by atoms with Crippen molar-refractivity contribution in [1.82, 2.24) is 4.98 Å². The molecule has 0 fully saturated rings. The fourth-order valence-corrected chi connectivity index (χ4v) is 2.95. The Kier molecular flexibility index (Phi) is 5.76. The second-order valence-electron chi connectivity index (χ2n) is 6.86. The molecule has 1 aromatic carbocycles. The Labute approximate surface area is 144 Å². The summed E-state index contributed by atoms with van der Waals surface area (Å²) in [6.45, 7) is 12.4. The maximum Gasteiger partial charge on any atom is 0.176 e. The molecule has 1 N–H and O–H groups in total. The Bertz CT molecular complexity index is 771. The van der Waals surface area contributed by atoms with Gasteiger partial charge in [-0.25, -0.2) is 4.99 Å². The number of benzene rings is 1. The van der Waals surface area contributed by atoms with Crippen LogP contribution in [-0.2, 0) is 6.42 Å². The van der Waals surface area contributed by atoms with Gasteiger partial charge < -0.3 is 4.98 Å². The van der Waals surface area contributed by atoms with Gasteiger partial charge in [0, 0.05) is 6.92 Å². The van der Waals surface area contributed by atoms with E-state index < -0.39 is 0 Å². The van der Waals surface area contributed by atoms with Crippen molar-refractivity contribution in [3.63, 3.8) is 0 Å². The van der Waals surface area contributed by atoms with Gasteiger partial charge in [0.1, 0.15) is 5.49 Å². The Morgan fingerprint density at radius 2 is 1.62 bits per heavy atom. The lowest BCUT2D eigenvalue weighted by Gasteiger charge is -2.16. The number of ketones is 1. The number of para-hydroxylation sites is 1. The molecular formula is C21H28N2O. The molecule has 0 atom stereocenters. The number of H-pyrrole nitrogens is 1. The molecule has 0 unspecified atom stereocenters. The first kappa shape index (κ1) is 18.2. The van der Waals surface area contributed by atoms with Gasteiger partial charge in [-0.15, -0.1) is 0 Å². The quantitative estimate of drug-likeness (QED) is 0.749. The number of pyridine rings is 1. The summed E-state index contributed by atoms with van der Waals surface area (Å²) in [5.41, 5.74) is 5.91. The van der Waals surface area contributed by atoms with Crippen LogP contribution < -0.4 is 5.49 Å². The van der Waals surface area contributed by atoms with Crippen molar-refractivity contribution in [3.8, 4) is 0 Å². The van der Waals surface area contributed by atoms with Gasteiger partial charge in [-0.3, -0.25) is 4.79 Å². The Morgan fingerprint density at radius 1 is 1.04 bits per heavy atom. The Morgan fingerprint density at radius 3 is 2.08 bits per heavy atom. The second-order valence-corrected chi connectivity index (χ2v) is 6.86. The second kappa shape index (κ2) is 7.61. The fraction of sp³-hybridized carbons (Fsp3) is 0.429. The lowest BCUT2D eigenvalue weighted by molar-refractivity contribution is 0.101. The van der Waals surface area contributed by atoms with Crippen molar-refractivity contribution in [3.05, 3.63) is 58.2 Å². The van der Waals surface area contributed by atoms with E-state index in [1.807, 2.05) is 12.1 Å². The zero-order valence-corrected chi connectivity index (χ0v) is 15.6. The first-order chi connectivity index (χ1) is 11.3. The number of carbonyl (C=O) groups is 1. The lowest BCUT2D eigenvalue weighted by Crippen LogP contribution is -2.15. The standard InChI is InChI=1S/C21H28N2O/c1-7-16-11-12-19(22-20(16)15(6)24)23-21-17(13(2)3)9-8-10-18(21)14(4)5/h8-14H,7H2,1-6H3,(H,22,23). The number of aromatic amines is 1. The third-order valence-corrected chi connectivity index (χ3v) is 4.32. The summed E-state index contributed by atoms with van der Waals surface area (Å²) in [4.78, 5) is 20.0. The molecule has 0 aliphatic carbocycles. The number of aromatic nitrogens is 1. The van der Waals surface area contributed by atoms with Crippen LogP contribution in [0.2, 0.25) is 0 Å². The smallest absolute Gasteiger partial charge is 0.176 e. The highest BCUT2D eigenvalue weighted by Crippen LogP contribution is 2.34. The van der Waals surface area contributed by atoms with Gasteiger partial charge in [0.05, 0.1) is 11.4 Å². The lowest BCUT2D eigenvalue weighted by atomic mass is 9.93. The molecule has 128 valence electrons. The van der Waals surface area contributed by atoms with E-state index in [4.69, 9.17) is 4.99 Å². The van der Waals surface area contributed by atoms with Gasteiger partial charge in [0.25, 0.3) is 0 Å². The molecule has 0 bridgehead atoms. The monoisotopic (exact) mass is 324 g/mol. The summed E-state index contributed by atoms with van der Waals surface area (Å²) in [7, 11) is 0. The fourth-order valence-electron chi connectivity index (χ4n) is 2.95. The van der Waals surface area contributed by atoms with Crippen molar-refractivity contribution in [2.45, 2.75) is 59.8 Å². The minimum atomic E-state index is 0.0464. The SMILES string of the molecule is CCc1ccc(=Nc2c(C(C)C)cccc2C(C)C)[nH]c1C(C)=O. The van der Waals surface area contributed by atoms with E-state index in [0.29, 0.717) is 17.5 Å². The molecule has 0 spiro atoms. The van der Waals surface area contributed by atoms with Gasteiger partial charge in [-0.1, -0.05) is 58.9 Å². The third kappa shape index (κ3) is 3.84. The minimum absolute atomic E-state index is 0.0464. The third-order valence-electron chi connectivity index (χ3n) is 4.32. The van der Waals surface area contributed by atoms with Crippen molar-refractivity contribution in [2.24, 2.45) is 4.99 Å². The zero-order chi connectivity index (χ0) is 17.9. The summed E-state index contributed by atoms with van der Waals surface area (Å²) in [6, 6.07) is 10.4. The van der Waals surface area contributed by atoms with Crippen LogP contribution in [0.15, 0.2) is 35.3 Å². The Hall–Kier alpha value is -2.16. The molecule has 0 radical (unpaired) electrons. The molecule has 0 saturated heterocycles. The van der Waals surface area contributed by atoms with Gasteiger partial charge in [-0.2, -0.15) is 0 Å². The molecule has 24 heavy (non-hydrogen) atoms. The van der Waals surface area contributed by atoms with E-state index in [1.54, 1.807) is 6.92 Å². The number of hydrogen-bond acceptors (Lipinski definition) is 2. The van der Waals surface area contributed by atoms with E-state index >= 15 is 0 Å². The highest BCUT2D eigenvalue weighted by Gasteiger charge is 2.13. The highest BCUT2D eigenvalue weighted by molar-refractivity contribution is 5.93. The van der Waals surface area contributed by atoms with E-state index in [1.165, 1.54) is 11.1 Å². The largest absolute Gasteiger partial charge is 0.337 e. The maximum atomic E-state index is 11.9. The molecule has 1 heterocycles. The number of nitrogens with zero attached hydrogens (tertiary/aromatic N) is 1. The number of carbonyl (C=O) groups excluding carboxylic acids is 1. The molecule has 3 nitrogen and oxygen atoms in total. The summed E-state index contributed by atoms with van der Waals surface area (Å²) < 4.78 is 0. The zero-order valence-electron chi connectivity index (χ0n) is 15.6. The minimum Gasteiger partial charge on any atom is -0.337 e. The molecule has 0 amide bonds. The topological polar surface area (TPSA) is 45.2 Å². The molecule has 3 heteroatoms. The van der Waals surface area contributed by atoms with Crippen molar-refractivity contribution in [1.29, 1.82) is 0 Å². The summed E-state index contributed by atoms with van der Waals surface area (Å²) in [5.74, 6) is 0.833. The molecule has 2 aromatic rings. The highest BCUT2D eigenvalue weighted by atomic mass is 16.1. The maximum absolute atomic E-state index is 11.9. The van der Waals surface area contributed by atoms with Crippen LogP contribution in [0.25, 0.3) is 0 Å². The number of aryl methyl sites for hydroxylation is 1. The van der Waals surface area contributed by atoms with Crippen molar-refractivity contribution < 1.29 is 4.79 Å². The summed E-state index contributed by atoms with van der Waals surface area (Å²) in [6.07, 6.45) is 0.825. The number of hydrogen-bond donors (Lipinski definition) is 1. The van der Waals surface area contributed by atoms with Crippen LogP contribution in [0.4, 0.5) is 5.69 Å². The number of rotatable bonds is 5. The molecule has 0 saturated carbocycles. The van der Waals surface area contributed by atoms with Crippen LogP contribution in [0.5, 0.6) is 0 Å². The van der Waals surface area contributed by atoms with E-state index in [-0.39, 0.29) is 5.78 Å². The van der Waals surface area contributed by atoms with Crippen LogP contribution in [0, 0.1) is 0 Å². The van der Waals surface area contributed by atoms with Crippen LogP contribution in [-0.4, -0.2) is 10.8 Å². The van der Waals surface area contributed by atoms with Gasteiger partial charge in [-0.05, 0) is 41.0 Å². The van der Waals surface area contributed by atoms with Gasteiger partial charge in [0.2, 0.25) is 0 Å². The van der Waals surface area contributed by atoms with Gasteiger partial charge >= 0.3 is 0 Å². The average Bonchev–Trinajstić information content (AvgIpc) is 2.54.